The molecule has 0 unspecified atom stereocenters. The first-order chi connectivity index (χ1) is 13.7. The molecule has 1 nitrogen and oxygen atoms in total. The van der Waals surface area contributed by atoms with Gasteiger partial charge in [0.15, 0.2) is 0 Å². The minimum Gasteiger partial charge on any atom is -0.310 e. The van der Waals surface area contributed by atoms with E-state index in [1.165, 1.54) is 22.6 Å². The molecule has 0 radical (unpaired) electrons. The molecule has 2 atom stereocenters. The van der Waals surface area contributed by atoms with Crippen LogP contribution < -0.4 is 15.9 Å². The minimum atomic E-state index is -0.379. The molecule has 0 spiro atoms. The van der Waals surface area contributed by atoms with Crippen LogP contribution >= 0.6 is 7.92 Å². The van der Waals surface area contributed by atoms with Crippen LogP contribution in [0, 0.1) is 5.92 Å². The van der Waals surface area contributed by atoms with Gasteiger partial charge in [-0.2, -0.15) is 0 Å². The van der Waals surface area contributed by atoms with Gasteiger partial charge in [-0.3, -0.25) is 0 Å². The van der Waals surface area contributed by atoms with Gasteiger partial charge in [0, 0.05) is 6.04 Å². The zero-order valence-electron chi connectivity index (χ0n) is 17.3. The molecule has 146 valence electrons. The van der Waals surface area contributed by atoms with Crippen LogP contribution in [0.25, 0.3) is 0 Å². The summed E-state index contributed by atoms with van der Waals surface area (Å²) < 4.78 is 0. The Hall–Kier alpha value is -1.95. The molecule has 0 saturated carbocycles. The second kappa shape index (κ2) is 10.6. The molecule has 0 heterocycles. The molecular weight excluding hydrogens is 357 g/mol. The van der Waals surface area contributed by atoms with E-state index in [9.17, 15) is 0 Å². The first-order valence-electron chi connectivity index (χ1n) is 10.3. The van der Waals surface area contributed by atoms with Crippen molar-refractivity contribution in [3.63, 3.8) is 0 Å². The monoisotopic (exact) mass is 389 g/mol. The Morgan fingerprint density at radius 2 is 1.14 bits per heavy atom. The summed E-state index contributed by atoms with van der Waals surface area (Å²) in [6.07, 6.45) is 1.18. The topological polar surface area (TPSA) is 12.0 Å². The number of rotatable bonds is 9. The molecule has 2 heteroatoms. The molecule has 3 aromatic rings. The van der Waals surface area contributed by atoms with E-state index >= 15 is 0 Å². The van der Waals surface area contributed by atoms with E-state index in [0.29, 0.717) is 17.6 Å². The van der Waals surface area contributed by atoms with Gasteiger partial charge in [0.25, 0.3) is 0 Å². The third kappa shape index (κ3) is 5.53. The van der Waals surface area contributed by atoms with Crippen molar-refractivity contribution in [1.82, 2.24) is 5.32 Å². The zero-order chi connectivity index (χ0) is 19.8. The SMILES string of the molecule is CC(C)[C@@H](CCN[C@H](C)c1ccccc1)P(c1ccccc1)c1ccccc1. The van der Waals surface area contributed by atoms with Crippen LogP contribution in [0.3, 0.4) is 0 Å². The van der Waals surface area contributed by atoms with Crippen molar-refractivity contribution in [3.05, 3.63) is 96.6 Å². The summed E-state index contributed by atoms with van der Waals surface area (Å²) >= 11 is 0. The molecule has 0 aliphatic heterocycles. The Morgan fingerprint density at radius 1 is 0.679 bits per heavy atom. The van der Waals surface area contributed by atoms with Gasteiger partial charge in [0.1, 0.15) is 0 Å². The van der Waals surface area contributed by atoms with Crippen LogP contribution in [0.1, 0.15) is 38.8 Å². The minimum absolute atomic E-state index is 0.379. The second-order valence-corrected chi connectivity index (χ2v) is 10.2. The maximum Gasteiger partial charge on any atom is 0.0291 e. The van der Waals surface area contributed by atoms with Crippen molar-refractivity contribution >= 4 is 18.5 Å². The first-order valence-corrected chi connectivity index (χ1v) is 11.8. The summed E-state index contributed by atoms with van der Waals surface area (Å²) in [7, 11) is -0.379. The van der Waals surface area contributed by atoms with Gasteiger partial charge in [0.05, 0.1) is 0 Å². The number of hydrogen-bond donors (Lipinski definition) is 1. The first kappa shape index (κ1) is 20.8. The molecule has 0 aromatic heterocycles. The Bertz CT molecular complexity index is 762. The average molecular weight is 390 g/mol. The molecule has 3 aromatic carbocycles. The smallest absolute Gasteiger partial charge is 0.0291 e. The van der Waals surface area contributed by atoms with Gasteiger partial charge in [0.2, 0.25) is 0 Å². The highest BCUT2D eigenvalue weighted by molar-refractivity contribution is 7.73. The van der Waals surface area contributed by atoms with E-state index in [4.69, 9.17) is 0 Å². The fourth-order valence-corrected chi connectivity index (χ4v) is 6.81. The standard InChI is InChI=1S/C26H32NP/c1-21(2)26(19-20-27-22(3)23-13-7-4-8-14-23)28(24-15-9-5-10-16-24)25-17-11-6-12-18-25/h4-18,21-22,26-27H,19-20H2,1-3H3/t22-,26-/m1/s1. The lowest BCUT2D eigenvalue weighted by molar-refractivity contribution is 0.505. The van der Waals surface area contributed by atoms with Crippen LogP contribution in [0.5, 0.6) is 0 Å². The van der Waals surface area contributed by atoms with Crippen LogP contribution in [0.2, 0.25) is 0 Å². The van der Waals surface area contributed by atoms with Crippen LogP contribution in [-0.2, 0) is 0 Å². The number of hydrogen-bond acceptors (Lipinski definition) is 1. The van der Waals surface area contributed by atoms with Crippen molar-refractivity contribution < 1.29 is 0 Å². The van der Waals surface area contributed by atoms with Crippen LogP contribution in [0.15, 0.2) is 91.0 Å². The van der Waals surface area contributed by atoms with Crippen molar-refractivity contribution in [2.24, 2.45) is 5.92 Å². The molecule has 0 fully saturated rings. The molecule has 0 aliphatic rings. The summed E-state index contributed by atoms with van der Waals surface area (Å²) in [5.74, 6) is 0.639. The van der Waals surface area contributed by atoms with Gasteiger partial charge in [-0.25, -0.2) is 0 Å². The van der Waals surface area contributed by atoms with Crippen molar-refractivity contribution in [2.75, 3.05) is 6.54 Å². The zero-order valence-corrected chi connectivity index (χ0v) is 18.1. The fraction of sp³-hybridized carbons (Fsp3) is 0.308. The Balaban J connectivity index is 1.76. The van der Waals surface area contributed by atoms with Crippen LogP contribution in [0.4, 0.5) is 0 Å². The van der Waals surface area contributed by atoms with Crippen LogP contribution in [-0.4, -0.2) is 12.2 Å². The van der Waals surface area contributed by atoms with E-state index in [2.05, 4.69) is 117 Å². The van der Waals surface area contributed by atoms with E-state index in [-0.39, 0.29) is 7.92 Å². The Morgan fingerprint density at radius 3 is 1.61 bits per heavy atom. The lowest BCUT2D eigenvalue weighted by atomic mass is 10.1. The number of nitrogens with one attached hydrogen (secondary N) is 1. The van der Waals surface area contributed by atoms with Crippen molar-refractivity contribution in [3.8, 4) is 0 Å². The highest BCUT2D eigenvalue weighted by atomic mass is 31.1. The maximum absolute atomic E-state index is 3.75. The summed E-state index contributed by atoms with van der Waals surface area (Å²) in [6, 6.07) is 33.3. The lowest BCUT2D eigenvalue weighted by Gasteiger charge is -2.32. The third-order valence-electron chi connectivity index (χ3n) is 5.36. The fourth-order valence-electron chi connectivity index (χ4n) is 3.78. The highest BCUT2D eigenvalue weighted by Crippen LogP contribution is 2.44. The van der Waals surface area contributed by atoms with Crippen molar-refractivity contribution in [2.45, 2.75) is 38.9 Å². The summed E-state index contributed by atoms with van der Waals surface area (Å²) in [4.78, 5) is 0. The molecule has 28 heavy (non-hydrogen) atoms. The predicted molar refractivity (Wildman–Crippen MR) is 125 cm³/mol. The summed E-state index contributed by atoms with van der Waals surface area (Å²) in [5, 5.41) is 6.72. The predicted octanol–water partition coefficient (Wildman–Crippen LogP) is 5.88. The van der Waals surface area contributed by atoms with Gasteiger partial charge in [-0.1, -0.05) is 105 Å². The van der Waals surface area contributed by atoms with Crippen molar-refractivity contribution in [1.29, 1.82) is 0 Å². The van der Waals surface area contributed by atoms with Gasteiger partial charge < -0.3 is 5.32 Å². The quantitative estimate of drug-likeness (QED) is 0.450. The second-order valence-electron chi connectivity index (χ2n) is 7.73. The molecule has 1 N–H and O–H groups in total. The third-order valence-corrected chi connectivity index (χ3v) is 8.59. The maximum atomic E-state index is 3.75. The van der Waals surface area contributed by atoms with Gasteiger partial charge in [-0.05, 0) is 55.6 Å². The molecule has 3 rings (SSSR count). The summed E-state index contributed by atoms with van der Waals surface area (Å²) in [6.45, 7) is 8.06. The molecule has 0 saturated heterocycles. The largest absolute Gasteiger partial charge is 0.310 e. The Labute approximate surface area is 172 Å². The molecule has 0 amide bonds. The molecule has 0 bridgehead atoms. The average Bonchev–Trinajstić information content (AvgIpc) is 2.75. The molecular formula is C26H32NP. The molecule has 0 aliphatic carbocycles. The van der Waals surface area contributed by atoms with E-state index in [1.807, 2.05) is 0 Å². The normalized spacial score (nSPS) is 13.6. The van der Waals surface area contributed by atoms with Gasteiger partial charge in [-0.15, -0.1) is 0 Å². The Kier molecular flexibility index (Phi) is 7.83. The van der Waals surface area contributed by atoms with E-state index < -0.39 is 0 Å². The summed E-state index contributed by atoms with van der Waals surface area (Å²) in [5.41, 5.74) is 2.01. The lowest BCUT2D eigenvalue weighted by Crippen LogP contribution is -2.30. The van der Waals surface area contributed by atoms with E-state index in [0.717, 1.165) is 6.54 Å². The van der Waals surface area contributed by atoms with E-state index in [1.54, 1.807) is 0 Å². The number of benzene rings is 3. The highest BCUT2D eigenvalue weighted by Gasteiger charge is 2.27. The van der Waals surface area contributed by atoms with Gasteiger partial charge >= 0.3 is 0 Å².